The molecule has 0 aromatic heterocycles. The number of rotatable bonds is 7. The number of para-hydroxylation sites is 1. The highest BCUT2D eigenvalue weighted by Crippen LogP contribution is 2.52. The first-order valence-corrected chi connectivity index (χ1v) is 12.9. The Balaban J connectivity index is 1.46. The van der Waals surface area contributed by atoms with Crippen molar-refractivity contribution in [2.24, 2.45) is 11.8 Å². The average Bonchev–Trinajstić information content (AvgIpc) is 3.37. The molecule has 180 valence electrons. The topological polar surface area (TPSA) is 49.4 Å². The third-order valence-electron chi connectivity index (χ3n) is 7.99. The molecule has 1 amide bonds. The molecule has 5 rings (SSSR count). The Morgan fingerprint density at radius 1 is 0.914 bits per heavy atom. The zero-order valence-electron chi connectivity index (χ0n) is 20.5. The molecule has 2 aliphatic rings. The summed E-state index contributed by atoms with van der Waals surface area (Å²) in [6.07, 6.45) is 2.72. The summed E-state index contributed by atoms with van der Waals surface area (Å²) in [5.41, 5.74) is 4.27. The van der Waals surface area contributed by atoms with Gasteiger partial charge in [-0.05, 0) is 35.6 Å². The van der Waals surface area contributed by atoms with E-state index in [-0.39, 0.29) is 23.2 Å². The smallest absolute Gasteiger partial charge is 0.227 e. The molecule has 4 nitrogen and oxygen atoms in total. The van der Waals surface area contributed by atoms with E-state index in [1.54, 1.807) is 0 Å². The molecular formula is C31H34N2O2. The van der Waals surface area contributed by atoms with E-state index in [0.717, 1.165) is 30.6 Å². The van der Waals surface area contributed by atoms with Crippen LogP contribution in [0.1, 0.15) is 42.9 Å². The zero-order valence-corrected chi connectivity index (χ0v) is 20.5. The summed E-state index contributed by atoms with van der Waals surface area (Å²) in [6, 6.07) is 29.3. The number of nitrogens with one attached hydrogen (secondary N) is 1. The van der Waals surface area contributed by atoms with Gasteiger partial charge in [-0.15, -0.1) is 0 Å². The Kier molecular flexibility index (Phi) is 6.72. The molecular weight excluding hydrogens is 432 g/mol. The number of fused-ring (bicyclic) bond motifs is 1. The number of anilines is 1. The Bertz CT molecular complexity index is 1140. The van der Waals surface area contributed by atoms with Crippen LogP contribution < -0.4 is 5.32 Å². The quantitative estimate of drug-likeness (QED) is 0.502. The first-order chi connectivity index (χ1) is 17.1. The van der Waals surface area contributed by atoms with E-state index < -0.39 is 0 Å². The second-order valence-electron chi connectivity index (χ2n) is 9.94. The van der Waals surface area contributed by atoms with Crippen molar-refractivity contribution in [1.29, 1.82) is 0 Å². The van der Waals surface area contributed by atoms with Gasteiger partial charge in [-0.1, -0.05) is 85.8 Å². The number of nitrogens with zero attached hydrogens (tertiary/aromatic N) is 1. The lowest BCUT2D eigenvalue weighted by Gasteiger charge is -2.45. The molecule has 1 N–H and O–H groups in total. The van der Waals surface area contributed by atoms with Crippen molar-refractivity contribution in [3.8, 4) is 0 Å². The van der Waals surface area contributed by atoms with Gasteiger partial charge in [0.05, 0.1) is 6.42 Å². The molecule has 1 heterocycles. The molecule has 2 fully saturated rings. The normalized spacial score (nSPS) is 20.9. The fourth-order valence-corrected chi connectivity index (χ4v) is 6.26. The van der Waals surface area contributed by atoms with Gasteiger partial charge in [0, 0.05) is 49.0 Å². The summed E-state index contributed by atoms with van der Waals surface area (Å²) in [5.74, 6) is 0.360. The number of amides is 1. The molecule has 0 spiro atoms. The van der Waals surface area contributed by atoms with Crippen LogP contribution >= 0.6 is 0 Å². The van der Waals surface area contributed by atoms with Crippen molar-refractivity contribution in [3.05, 3.63) is 102 Å². The van der Waals surface area contributed by atoms with Crippen LogP contribution in [0, 0.1) is 11.8 Å². The monoisotopic (exact) mass is 466 g/mol. The van der Waals surface area contributed by atoms with E-state index in [1.807, 2.05) is 41.3 Å². The minimum absolute atomic E-state index is 0.0750. The summed E-state index contributed by atoms with van der Waals surface area (Å²) < 4.78 is 0. The van der Waals surface area contributed by atoms with E-state index in [1.165, 1.54) is 11.1 Å². The van der Waals surface area contributed by atoms with E-state index in [9.17, 15) is 9.59 Å². The van der Waals surface area contributed by atoms with Gasteiger partial charge in [-0.3, -0.25) is 9.59 Å². The van der Waals surface area contributed by atoms with Gasteiger partial charge >= 0.3 is 0 Å². The van der Waals surface area contributed by atoms with E-state index >= 15 is 0 Å². The molecule has 3 aromatic carbocycles. The summed E-state index contributed by atoms with van der Waals surface area (Å²) in [4.78, 5) is 28.7. The Morgan fingerprint density at radius 2 is 1.54 bits per heavy atom. The SMILES string of the molecule is CCCNc1ccccc1CC(=O)N1CC2C(=O)CCC(c3ccccc3)(c3ccccc3)C2C1. The van der Waals surface area contributed by atoms with E-state index in [2.05, 4.69) is 60.8 Å². The van der Waals surface area contributed by atoms with Crippen LogP contribution in [-0.2, 0) is 21.4 Å². The number of ketones is 1. The maximum atomic E-state index is 13.6. The lowest BCUT2D eigenvalue weighted by atomic mass is 9.56. The van der Waals surface area contributed by atoms with Gasteiger partial charge in [0.25, 0.3) is 0 Å². The Morgan fingerprint density at radius 3 is 2.20 bits per heavy atom. The molecule has 1 aliphatic heterocycles. The highest BCUT2D eigenvalue weighted by Gasteiger charge is 2.55. The summed E-state index contributed by atoms with van der Waals surface area (Å²) in [7, 11) is 0. The average molecular weight is 467 g/mol. The number of carbonyl (C=O) groups excluding carboxylic acids is 2. The van der Waals surface area contributed by atoms with Gasteiger partial charge in [0.2, 0.25) is 5.91 Å². The lowest BCUT2D eigenvalue weighted by Crippen LogP contribution is -2.47. The van der Waals surface area contributed by atoms with Crippen LogP contribution in [0.5, 0.6) is 0 Å². The molecule has 0 bridgehead atoms. The number of carbonyl (C=O) groups is 2. The molecule has 3 aromatic rings. The molecule has 4 heteroatoms. The first-order valence-electron chi connectivity index (χ1n) is 12.9. The number of hydrogen-bond donors (Lipinski definition) is 1. The van der Waals surface area contributed by atoms with Crippen LogP contribution in [0.15, 0.2) is 84.9 Å². The molecule has 1 aliphatic carbocycles. The minimum Gasteiger partial charge on any atom is -0.385 e. The Hall–Kier alpha value is -3.40. The van der Waals surface area contributed by atoms with Gasteiger partial charge in [-0.2, -0.15) is 0 Å². The van der Waals surface area contributed by atoms with Gasteiger partial charge in [-0.25, -0.2) is 0 Å². The van der Waals surface area contributed by atoms with Crippen molar-refractivity contribution in [2.75, 3.05) is 25.0 Å². The van der Waals surface area contributed by atoms with E-state index in [4.69, 9.17) is 0 Å². The van der Waals surface area contributed by atoms with E-state index in [0.29, 0.717) is 31.7 Å². The van der Waals surface area contributed by atoms with Crippen LogP contribution in [-0.4, -0.2) is 36.2 Å². The summed E-state index contributed by atoms with van der Waals surface area (Å²) in [6.45, 7) is 4.15. The number of Topliss-reactive ketones (excluding diaryl/α,β-unsaturated/α-hetero) is 1. The van der Waals surface area contributed by atoms with Crippen molar-refractivity contribution < 1.29 is 9.59 Å². The third kappa shape index (κ3) is 4.38. The van der Waals surface area contributed by atoms with Crippen LogP contribution in [0.4, 0.5) is 5.69 Å². The van der Waals surface area contributed by atoms with Gasteiger partial charge in [0.1, 0.15) is 5.78 Å². The van der Waals surface area contributed by atoms with Crippen molar-refractivity contribution >= 4 is 17.4 Å². The van der Waals surface area contributed by atoms with Crippen LogP contribution in [0.25, 0.3) is 0 Å². The first kappa shape index (κ1) is 23.3. The second kappa shape index (κ2) is 10.1. The number of hydrogen-bond acceptors (Lipinski definition) is 3. The highest BCUT2D eigenvalue weighted by molar-refractivity contribution is 5.87. The predicted octanol–water partition coefficient (Wildman–Crippen LogP) is 5.47. The van der Waals surface area contributed by atoms with Crippen molar-refractivity contribution in [1.82, 2.24) is 4.90 Å². The predicted molar refractivity (Wildman–Crippen MR) is 140 cm³/mol. The standard InChI is InChI=1S/C31H34N2O2/c1-2-19-32-28-16-10-9-11-23(28)20-30(35)33-21-26-27(22-33)31(18-17-29(26)34,24-12-5-3-6-13-24)25-14-7-4-8-15-25/h3-16,26-27,32H,2,17-22H2,1H3. The van der Waals surface area contributed by atoms with Crippen LogP contribution in [0.2, 0.25) is 0 Å². The molecule has 2 unspecified atom stereocenters. The second-order valence-corrected chi connectivity index (χ2v) is 9.94. The molecule has 0 radical (unpaired) electrons. The lowest BCUT2D eigenvalue weighted by molar-refractivity contribution is -0.129. The molecule has 35 heavy (non-hydrogen) atoms. The molecule has 1 saturated carbocycles. The fraction of sp³-hybridized carbons (Fsp3) is 0.355. The Labute approximate surface area is 208 Å². The minimum atomic E-state index is -0.267. The maximum Gasteiger partial charge on any atom is 0.227 e. The summed E-state index contributed by atoms with van der Waals surface area (Å²) in [5, 5.41) is 3.45. The summed E-state index contributed by atoms with van der Waals surface area (Å²) >= 11 is 0. The fourth-order valence-electron chi connectivity index (χ4n) is 6.26. The molecule has 1 saturated heterocycles. The van der Waals surface area contributed by atoms with Crippen molar-refractivity contribution in [2.45, 2.75) is 38.0 Å². The van der Waals surface area contributed by atoms with Crippen molar-refractivity contribution in [3.63, 3.8) is 0 Å². The number of benzene rings is 3. The highest BCUT2D eigenvalue weighted by atomic mass is 16.2. The zero-order chi connectivity index (χ0) is 24.3. The van der Waals surface area contributed by atoms with Gasteiger partial charge < -0.3 is 10.2 Å². The maximum absolute atomic E-state index is 13.6. The number of likely N-dealkylation sites (tertiary alicyclic amines) is 1. The largest absolute Gasteiger partial charge is 0.385 e. The van der Waals surface area contributed by atoms with Gasteiger partial charge in [0.15, 0.2) is 0 Å². The third-order valence-corrected chi connectivity index (χ3v) is 7.99. The molecule has 2 atom stereocenters. The van der Waals surface area contributed by atoms with Crippen LogP contribution in [0.3, 0.4) is 0 Å².